The number of benzene rings is 1. The van der Waals surface area contributed by atoms with Gasteiger partial charge >= 0.3 is 12.1 Å². The van der Waals surface area contributed by atoms with Crippen LogP contribution in [0.5, 0.6) is 0 Å². The molecule has 10 nitrogen and oxygen atoms in total. The first-order valence-electron chi connectivity index (χ1n) is 11.3. The number of rotatable bonds is 9. The summed E-state index contributed by atoms with van der Waals surface area (Å²) in [5.74, 6) is -2.34. The molecule has 0 aliphatic rings. The standard InChI is InChI=1S/C25H36N4O6/c1-15(2)20(28-24(33)35-25(5,6)7)23(32)29(12-11-26)21(22(31)27-14-19(30)34-8)18-13-16(3)9-10-17(18)4/h9-10,13,15,20-21H,12,14H2,1-8H3,(H,27,31)(H,28,33). The highest BCUT2D eigenvalue weighted by Crippen LogP contribution is 2.27. The van der Waals surface area contributed by atoms with Crippen LogP contribution in [0.1, 0.15) is 57.4 Å². The summed E-state index contributed by atoms with van der Waals surface area (Å²) in [6, 6.07) is 5.06. The van der Waals surface area contributed by atoms with E-state index in [1.807, 2.05) is 19.1 Å². The average Bonchev–Trinajstić information content (AvgIpc) is 2.75. The number of nitriles is 1. The van der Waals surface area contributed by atoms with Crippen LogP contribution in [0.4, 0.5) is 4.79 Å². The van der Waals surface area contributed by atoms with E-state index in [1.165, 1.54) is 7.11 Å². The first kappa shape index (κ1) is 29.4. The Labute approximate surface area is 206 Å². The van der Waals surface area contributed by atoms with Gasteiger partial charge in [-0.15, -0.1) is 0 Å². The van der Waals surface area contributed by atoms with Gasteiger partial charge in [-0.2, -0.15) is 5.26 Å². The lowest BCUT2D eigenvalue weighted by atomic mass is 9.95. The largest absolute Gasteiger partial charge is 0.468 e. The summed E-state index contributed by atoms with van der Waals surface area (Å²) >= 11 is 0. The van der Waals surface area contributed by atoms with Crippen molar-refractivity contribution < 1.29 is 28.7 Å². The lowest BCUT2D eigenvalue weighted by molar-refractivity contribution is -0.144. The van der Waals surface area contributed by atoms with E-state index in [-0.39, 0.29) is 5.92 Å². The number of nitrogens with one attached hydrogen (secondary N) is 2. The fourth-order valence-electron chi connectivity index (χ4n) is 3.33. The van der Waals surface area contributed by atoms with E-state index < -0.39 is 54.7 Å². The molecule has 0 bridgehead atoms. The third kappa shape index (κ3) is 8.92. The maximum Gasteiger partial charge on any atom is 0.408 e. The molecule has 0 spiro atoms. The summed E-state index contributed by atoms with van der Waals surface area (Å²) < 4.78 is 9.89. The molecule has 10 heteroatoms. The van der Waals surface area contributed by atoms with Crippen LogP contribution >= 0.6 is 0 Å². The molecule has 0 saturated carbocycles. The summed E-state index contributed by atoms with van der Waals surface area (Å²) in [4.78, 5) is 52.2. The van der Waals surface area contributed by atoms with Crippen LogP contribution in [0.2, 0.25) is 0 Å². The number of nitrogens with zero attached hydrogens (tertiary/aromatic N) is 2. The molecule has 1 aromatic carbocycles. The van der Waals surface area contributed by atoms with E-state index in [1.54, 1.807) is 53.7 Å². The number of carbonyl (C=O) groups is 4. The van der Waals surface area contributed by atoms with Gasteiger partial charge in [-0.1, -0.05) is 37.6 Å². The van der Waals surface area contributed by atoms with Crippen molar-refractivity contribution in [3.8, 4) is 6.07 Å². The van der Waals surface area contributed by atoms with E-state index >= 15 is 0 Å². The summed E-state index contributed by atoms with van der Waals surface area (Å²) in [7, 11) is 1.19. The van der Waals surface area contributed by atoms with Crippen molar-refractivity contribution in [2.45, 2.75) is 66.2 Å². The van der Waals surface area contributed by atoms with Crippen LogP contribution in [0.15, 0.2) is 18.2 Å². The van der Waals surface area contributed by atoms with Crippen LogP contribution in [-0.2, 0) is 23.9 Å². The van der Waals surface area contributed by atoms with Gasteiger partial charge in [0.25, 0.3) is 0 Å². The highest BCUT2D eigenvalue weighted by atomic mass is 16.6. The smallest absolute Gasteiger partial charge is 0.408 e. The van der Waals surface area contributed by atoms with E-state index in [0.717, 1.165) is 10.5 Å². The third-order valence-corrected chi connectivity index (χ3v) is 5.05. The molecular weight excluding hydrogens is 452 g/mol. The number of hydrogen-bond acceptors (Lipinski definition) is 7. The molecule has 35 heavy (non-hydrogen) atoms. The van der Waals surface area contributed by atoms with E-state index in [0.29, 0.717) is 11.1 Å². The molecule has 2 atom stereocenters. The molecule has 0 saturated heterocycles. The van der Waals surface area contributed by atoms with Crippen LogP contribution in [-0.4, -0.2) is 60.6 Å². The molecule has 2 N–H and O–H groups in total. The maximum atomic E-state index is 13.7. The second kappa shape index (κ2) is 12.7. The monoisotopic (exact) mass is 488 g/mol. The second-order valence-electron chi connectivity index (χ2n) is 9.55. The molecule has 3 amide bonds. The number of esters is 1. The maximum absolute atomic E-state index is 13.7. The van der Waals surface area contributed by atoms with Crippen molar-refractivity contribution in [3.05, 3.63) is 34.9 Å². The zero-order valence-corrected chi connectivity index (χ0v) is 21.7. The van der Waals surface area contributed by atoms with E-state index in [4.69, 9.17) is 4.74 Å². The van der Waals surface area contributed by atoms with Crippen molar-refractivity contribution in [2.24, 2.45) is 5.92 Å². The average molecular weight is 489 g/mol. The van der Waals surface area contributed by atoms with Crippen molar-refractivity contribution in [1.82, 2.24) is 15.5 Å². The number of ether oxygens (including phenoxy) is 2. The topological polar surface area (TPSA) is 138 Å². The number of alkyl carbamates (subject to hydrolysis) is 1. The molecule has 0 aliphatic carbocycles. The predicted molar refractivity (Wildman–Crippen MR) is 129 cm³/mol. The lowest BCUT2D eigenvalue weighted by Gasteiger charge is -2.34. The number of carbonyl (C=O) groups excluding carboxylic acids is 4. The minimum Gasteiger partial charge on any atom is -0.468 e. The normalized spacial score (nSPS) is 12.7. The zero-order valence-electron chi connectivity index (χ0n) is 21.7. The van der Waals surface area contributed by atoms with Gasteiger partial charge in [0, 0.05) is 0 Å². The van der Waals surface area contributed by atoms with Crippen LogP contribution in [0.25, 0.3) is 0 Å². The first-order chi connectivity index (χ1) is 16.2. The number of aryl methyl sites for hydroxylation is 2. The Hall–Kier alpha value is -3.61. The Morgan fingerprint density at radius 1 is 1.14 bits per heavy atom. The fraction of sp³-hybridized carbons (Fsp3) is 0.560. The second-order valence-corrected chi connectivity index (χ2v) is 9.55. The van der Waals surface area contributed by atoms with Crippen molar-refractivity contribution in [3.63, 3.8) is 0 Å². The molecule has 0 fully saturated rings. The van der Waals surface area contributed by atoms with Gasteiger partial charge in [-0.25, -0.2) is 4.79 Å². The quantitative estimate of drug-likeness (QED) is 0.402. The Balaban J connectivity index is 3.49. The molecule has 1 aromatic rings. The fourth-order valence-corrected chi connectivity index (χ4v) is 3.33. The summed E-state index contributed by atoms with van der Waals surface area (Å²) in [6.45, 7) is 11.3. The molecule has 1 rings (SSSR count). The molecular formula is C25H36N4O6. The number of methoxy groups -OCH3 is 1. The van der Waals surface area contributed by atoms with Gasteiger partial charge in [-0.3, -0.25) is 14.4 Å². The predicted octanol–water partition coefficient (Wildman–Crippen LogP) is 2.54. The van der Waals surface area contributed by atoms with Gasteiger partial charge in [0.2, 0.25) is 11.8 Å². The van der Waals surface area contributed by atoms with Crippen molar-refractivity contribution >= 4 is 23.9 Å². The Kier molecular flexibility index (Phi) is 10.7. The molecule has 0 heterocycles. The number of amides is 3. The van der Waals surface area contributed by atoms with Gasteiger partial charge in [0.05, 0.1) is 13.2 Å². The molecule has 2 unspecified atom stereocenters. The highest BCUT2D eigenvalue weighted by Gasteiger charge is 2.38. The van der Waals surface area contributed by atoms with Gasteiger partial charge in [-0.05, 0) is 51.7 Å². The van der Waals surface area contributed by atoms with Crippen LogP contribution < -0.4 is 10.6 Å². The Morgan fingerprint density at radius 3 is 2.29 bits per heavy atom. The van der Waals surface area contributed by atoms with Gasteiger partial charge in [0.1, 0.15) is 30.8 Å². The minimum absolute atomic E-state index is 0.381. The zero-order chi connectivity index (χ0) is 26.9. The molecule has 0 aromatic heterocycles. The van der Waals surface area contributed by atoms with Crippen LogP contribution in [0, 0.1) is 31.1 Å². The minimum atomic E-state index is -1.23. The molecule has 192 valence electrons. The van der Waals surface area contributed by atoms with E-state index in [9.17, 15) is 24.4 Å². The molecule has 0 aliphatic heterocycles. The van der Waals surface area contributed by atoms with Crippen molar-refractivity contribution in [2.75, 3.05) is 20.2 Å². The van der Waals surface area contributed by atoms with E-state index in [2.05, 4.69) is 15.4 Å². The molecule has 0 radical (unpaired) electrons. The Bertz CT molecular complexity index is 977. The number of hydrogen-bond donors (Lipinski definition) is 2. The van der Waals surface area contributed by atoms with Crippen LogP contribution in [0.3, 0.4) is 0 Å². The van der Waals surface area contributed by atoms with Gasteiger partial charge in [0.15, 0.2) is 0 Å². The highest BCUT2D eigenvalue weighted by molar-refractivity contribution is 5.93. The Morgan fingerprint density at radius 2 is 1.77 bits per heavy atom. The first-order valence-corrected chi connectivity index (χ1v) is 11.3. The van der Waals surface area contributed by atoms with Crippen molar-refractivity contribution in [1.29, 1.82) is 5.26 Å². The van der Waals surface area contributed by atoms with Gasteiger partial charge < -0.3 is 25.0 Å². The summed E-state index contributed by atoms with van der Waals surface area (Å²) in [5.41, 5.74) is 1.27. The third-order valence-electron chi connectivity index (χ3n) is 5.05. The summed E-state index contributed by atoms with van der Waals surface area (Å²) in [6.07, 6.45) is -0.792. The lowest BCUT2D eigenvalue weighted by Crippen LogP contribution is -2.55. The SMILES string of the molecule is COC(=O)CNC(=O)C(c1cc(C)ccc1C)N(CC#N)C(=O)C(NC(=O)OC(C)(C)C)C(C)C. The summed E-state index contributed by atoms with van der Waals surface area (Å²) in [5, 5.41) is 14.6.